The molecule has 3 N–H and O–H groups in total. The Bertz CT molecular complexity index is 714. The summed E-state index contributed by atoms with van der Waals surface area (Å²) in [7, 11) is 0. The van der Waals surface area contributed by atoms with Gasteiger partial charge < -0.3 is 20.5 Å². The average Bonchev–Trinajstić information content (AvgIpc) is 3.18. The zero-order valence-corrected chi connectivity index (χ0v) is 15.6. The lowest BCUT2D eigenvalue weighted by molar-refractivity contribution is -0.138. The van der Waals surface area contributed by atoms with Crippen LogP contribution in [0.25, 0.3) is 0 Å². The van der Waals surface area contributed by atoms with Gasteiger partial charge in [0.15, 0.2) is 0 Å². The molecule has 1 aliphatic carbocycles. The quantitative estimate of drug-likeness (QED) is 0.667. The molecular weight excluding hydrogens is 344 g/mol. The van der Waals surface area contributed by atoms with Crippen LogP contribution in [0, 0.1) is 0 Å². The summed E-state index contributed by atoms with van der Waals surface area (Å²) in [6, 6.07) is 6.44. The Kier molecular flexibility index (Phi) is 5.45. The highest BCUT2D eigenvalue weighted by Gasteiger charge is 2.36. The van der Waals surface area contributed by atoms with E-state index >= 15 is 0 Å². The van der Waals surface area contributed by atoms with Crippen molar-refractivity contribution in [3.05, 3.63) is 29.3 Å². The molecule has 1 saturated carbocycles. The van der Waals surface area contributed by atoms with Gasteiger partial charge in [0.1, 0.15) is 0 Å². The first-order valence-corrected chi connectivity index (χ1v) is 10.1. The highest BCUT2D eigenvalue weighted by atomic mass is 16.5. The largest absolute Gasteiger partial charge is 0.389 e. The van der Waals surface area contributed by atoms with Crippen LogP contribution in [0.3, 0.4) is 0 Å². The van der Waals surface area contributed by atoms with Gasteiger partial charge in [0.2, 0.25) is 5.78 Å². The highest BCUT2D eigenvalue weighted by molar-refractivity contribution is 6.36. The third-order valence-corrected chi connectivity index (χ3v) is 6.02. The molecular formula is C21H28N2O4. The Morgan fingerprint density at radius 2 is 2.07 bits per heavy atom. The van der Waals surface area contributed by atoms with Crippen LogP contribution in [0.1, 0.15) is 62.2 Å². The molecule has 3 atom stereocenters. The molecule has 146 valence electrons. The number of aryl methyl sites for hydroxylation is 1. The van der Waals surface area contributed by atoms with E-state index in [1.807, 2.05) is 12.1 Å². The Labute approximate surface area is 159 Å². The molecule has 1 amide bonds. The lowest BCUT2D eigenvalue weighted by atomic mass is 9.88. The monoisotopic (exact) mass is 372 g/mol. The van der Waals surface area contributed by atoms with E-state index in [0.717, 1.165) is 55.3 Å². The van der Waals surface area contributed by atoms with Gasteiger partial charge in [-0.25, -0.2) is 0 Å². The minimum atomic E-state index is -0.463. The minimum Gasteiger partial charge on any atom is -0.389 e. The van der Waals surface area contributed by atoms with Crippen LogP contribution in [0.2, 0.25) is 0 Å². The summed E-state index contributed by atoms with van der Waals surface area (Å²) >= 11 is 0. The third-order valence-electron chi connectivity index (χ3n) is 6.02. The lowest BCUT2D eigenvalue weighted by Crippen LogP contribution is -2.45. The summed E-state index contributed by atoms with van der Waals surface area (Å²) in [5.74, 6) is -0.731. The molecule has 4 rings (SSSR count). The fourth-order valence-corrected chi connectivity index (χ4v) is 4.43. The first-order valence-electron chi connectivity index (χ1n) is 10.1. The maximum atomic E-state index is 12.1. The van der Waals surface area contributed by atoms with Crippen molar-refractivity contribution in [3.8, 4) is 0 Å². The van der Waals surface area contributed by atoms with Gasteiger partial charge in [-0.15, -0.1) is 0 Å². The third kappa shape index (κ3) is 4.17. The number of anilines is 1. The van der Waals surface area contributed by atoms with Crippen LogP contribution >= 0.6 is 0 Å². The molecule has 0 spiro atoms. The van der Waals surface area contributed by atoms with Gasteiger partial charge in [0.05, 0.1) is 24.9 Å². The van der Waals surface area contributed by atoms with Gasteiger partial charge in [0.25, 0.3) is 5.91 Å². The number of nitrogens with one attached hydrogen (secondary N) is 2. The number of ketones is 1. The average molecular weight is 372 g/mol. The number of rotatable bonds is 6. The smallest absolute Gasteiger partial charge is 0.287 e. The van der Waals surface area contributed by atoms with Crippen molar-refractivity contribution in [2.75, 3.05) is 11.9 Å². The number of Topliss-reactive ketones (excluding diaryl/α,β-unsaturated/α-hetero) is 1. The molecule has 2 bridgehead atoms. The van der Waals surface area contributed by atoms with Gasteiger partial charge in [-0.1, -0.05) is 25.0 Å². The fraction of sp³-hybridized carbons (Fsp3) is 0.619. The minimum absolute atomic E-state index is 0.0217. The van der Waals surface area contributed by atoms with Crippen LogP contribution in [0.5, 0.6) is 0 Å². The number of fused-ring (bicyclic) bond motifs is 4. The molecule has 1 saturated heterocycles. The van der Waals surface area contributed by atoms with Crippen LogP contribution in [0.15, 0.2) is 18.2 Å². The molecule has 3 aliphatic rings. The Morgan fingerprint density at radius 3 is 2.89 bits per heavy atom. The Balaban J connectivity index is 1.29. The number of carbonyl (C=O) groups excluding carboxylic acids is 2. The zero-order valence-electron chi connectivity index (χ0n) is 15.6. The van der Waals surface area contributed by atoms with Crippen molar-refractivity contribution in [3.63, 3.8) is 0 Å². The Morgan fingerprint density at radius 1 is 1.26 bits per heavy atom. The molecule has 2 fully saturated rings. The van der Waals surface area contributed by atoms with Gasteiger partial charge in [-0.3, -0.25) is 9.59 Å². The zero-order chi connectivity index (χ0) is 18.8. The van der Waals surface area contributed by atoms with Crippen molar-refractivity contribution >= 4 is 17.4 Å². The maximum absolute atomic E-state index is 12.1. The first kappa shape index (κ1) is 18.4. The predicted molar refractivity (Wildman–Crippen MR) is 102 cm³/mol. The number of ether oxygens (including phenoxy) is 1. The summed E-state index contributed by atoms with van der Waals surface area (Å²) in [6.07, 6.45) is 6.29. The summed E-state index contributed by atoms with van der Waals surface area (Å²) in [5.41, 5.74) is 3.29. The van der Waals surface area contributed by atoms with Crippen molar-refractivity contribution in [2.45, 2.75) is 75.7 Å². The molecule has 0 unspecified atom stereocenters. The number of hydrogen-bond acceptors (Lipinski definition) is 5. The lowest BCUT2D eigenvalue weighted by Gasteiger charge is -2.40. The van der Waals surface area contributed by atoms with E-state index in [1.54, 1.807) is 0 Å². The molecule has 0 aromatic heterocycles. The molecule has 27 heavy (non-hydrogen) atoms. The van der Waals surface area contributed by atoms with Gasteiger partial charge in [-0.05, 0) is 37.3 Å². The van der Waals surface area contributed by atoms with E-state index in [0.29, 0.717) is 13.0 Å². The number of carbonyl (C=O) groups is 2. The summed E-state index contributed by atoms with van der Waals surface area (Å²) in [5, 5.41) is 16.2. The summed E-state index contributed by atoms with van der Waals surface area (Å²) in [4.78, 5) is 24.0. The number of amides is 1. The number of hydrogen-bond donors (Lipinski definition) is 3. The first-order chi connectivity index (χ1) is 13.1. The SMILES string of the molecule is O=C(CCCc1ccc2c(c1)[C@@H]1C[C@H](N2)[C@H](O)CO1)C(=O)NC1CCCC1. The normalized spacial score (nSPS) is 26.9. The number of benzene rings is 1. The van der Waals surface area contributed by atoms with E-state index in [9.17, 15) is 14.7 Å². The van der Waals surface area contributed by atoms with Crippen molar-refractivity contribution in [1.29, 1.82) is 0 Å². The second-order valence-corrected chi connectivity index (χ2v) is 8.03. The number of aliphatic hydroxyl groups excluding tert-OH is 1. The van der Waals surface area contributed by atoms with Crippen molar-refractivity contribution < 1.29 is 19.4 Å². The molecule has 6 heteroatoms. The summed E-state index contributed by atoms with van der Waals surface area (Å²) in [6.45, 7) is 0.358. The molecule has 6 nitrogen and oxygen atoms in total. The van der Waals surface area contributed by atoms with Gasteiger partial charge >= 0.3 is 0 Å². The van der Waals surface area contributed by atoms with Gasteiger partial charge in [-0.2, -0.15) is 0 Å². The van der Waals surface area contributed by atoms with E-state index in [4.69, 9.17) is 4.74 Å². The fourth-order valence-electron chi connectivity index (χ4n) is 4.43. The molecule has 2 aliphatic heterocycles. The summed E-state index contributed by atoms with van der Waals surface area (Å²) < 4.78 is 5.78. The standard InChI is InChI=1S/C21H28N2O4/c24-18(21(26)22-14-5-1-2-6-14)7-3-4-13-8-9-16-15(10-13)20-11-17(23-16)19(25)12-27-20/h8-10,14,17,19-20,23,25H,1-7,11-12H2,(H,22,26)/t17-,19+,20-/m0/s1. The van der Waals surface area contributed by atoms with E-state index < -0.39 is 12.0 Å². The van der Waals surface area contributed by atoms with Crippen LogP contribution < -0.4 is 10.6 Å². The van der Waals surface area contributed by atoms with Crippen LogP contribution in [-0.4, -0.2) is 41.6 Å². The van der Waals surface area contributed by atoms with Crippen LogP contribution in [0.4, 0.5) is 5.69 Å². The molecule has 0 radical (unpaired) electrons. The Hall–Kier alpha value is -1.92. The molecule has 2 heterocycles. The van der Waals surface area contributed by atoms with Crippen molar-refractivity contribution in [1.82, 2.24) is 5.32 Å². The van der Waals surface area contributed by atoms with E-state index in [2.05, 4.69) is 16.7 Å². The maximum Gasteiger partial charge on any atom is 0.287 e. The second kappa shape index (κ2) is 7.98. The molecule has 1 aromatic carbocycles. The van der Waals surface area contributed by atoms with Gasteiger partial charge in [0, 0.05) is 30.1 Å². The predicted octanol–water partition coefficient (Wildman–Crippen LogP) is 2.25. The van der Waals surface area contributed by atoms with Crippen LogP contribution in [-0.2, 0) is 20.7 Å². The van der Waals surface area contributed by atoms with E-state index in [-0.39, 0.29) is 30.4 Å². The van der Waals surface area contributed by atoms with E-state index in [1.165, 1.54) is 0 Å². The topological polar surface area (TPSA) is 87.7 Å². The van der Waals surface area contributed by atoms with Crippen molar-refractivity contribution in [2.24, 2.45) is 0 Å². The highest BCUT2D eigenvalue weighted by Crippen LogP contribution is 2.39. The number of aliphatic hydroxyl groups is 1. The molecule has 1 aromatic rings. The second-order valence-electron chi connectivity index (χ2n) is 8.03.